The average molecular weight is 283 g/mol. The van der Waals surface area contributed by atoms with Gasteiger partial charge in [-0.15, -0.1) is 0 Å². The van der Waals surface area contributed by atoms with E-state index < -0.39 is 11.5 Å². The van der Waals surface area contributed by atoms with Crippen LogP contribution in [-0.2, 0) is 4.79 Å². The molecule has 2 heterocycles. The lowest BCUT2D eigenvalue weighted by Crippen LogP contribution is -2.55. The van der Waals surface area contributed by atoms with Gasteiger partial charge in [0.15, 0.2) is 0 Å². The molecule has 114 valence electrons. The Balaban J connectivity index is 1.90. The third kappa shape index (κ3) is 2.75. The standard InChI is InChI=1S/C14H25N3O3/c1-3-16-8-4-6-11(16)10-15-13(20)17-9-5-7-14(17,2)12(18)19/h11H,3-10H2,1-2H3,(H,15,20)(H,18,19). The van der Waals surface area contributed by atoms with Gasteiger partial charge in [-0.2, -0.15) is 0 Å². The minimum Gasteiger partial charge on any atom is -0.480 e. The maximum Gasteiger partial charge on any atom is 0.329 e. The van der Waals surface area contributed by atoms with Crippen molar-refractivity contribution < 1.29 is 14.7 Å². The van der Waals surface area contributed by atoms with Gasteiger partial charge in [-0.25, -0.2) is 9.59 Å². The first-order valence-corrected chi connectivity index (χ1v) is 7.52. The van der Waals surface area contributed by atoms with Crippen LogP contribution in [0.4, 0.5) is 4.79 Å². The maximum atomic E-state index is 12.3. The zero-order chi connectivity index (χ0) is 14.8. The number of likely N-dealkylation sites (N-methyl/N-ethyl adjacent to an activating group) is 1. The molecule has 0 aromatic rings. The number of nitrogens with one attached hydrogen (secondary N) is 1. The van der Waals surface area contributed by atoms with Gasteiger partial charge < -0.3 is 15.3 Å². The molecule has 6 heteroatoms. The Bertz CT molecular complexity index is 388. The van der Waals surface area contributed by atoms with Gasteiger partial charge in [0.05, 0.1) is 0 Å². The Hall–Kier alpha value is -1.30. The Morgan fingerprint density at radius 2 is 2.10 bits per heavy atom. The quantitative estimate of drug-likeness (QED) is 0.811. The fraction of sp³-hybridized carbons (Fsp3) is 0.857. The summed E-state index contributed by atoms with van der Waals surface area (Å²) in [6.45, 7) is 6.98. The van der Waals surface area contributed by atoms with Gasteiger partial charge in [0.2, 0.25) is 0 Å². The van der Waals surface area contributed by atoms with Crippen molar-refractivity contribution in [1.29, 1.82) is 0 Å². The lowest BCUT2D eigenvalue weighted by molar-refractivity contribution is -0.147. The Morgan fingerprint density at radius 3 is 2.75 bits per heavy atom. The van der Waals surface area contributed by atoms with Crippen LogP contribution in [0, 0.1) is 0 Å². The van der Waals surface area contributed by atoms with Crippen molar-refractivity contribution in [3.05, 3.63) is 0 Å². The van der Waals surface area contributed by atoms with E-state index in [1.807, 2.05) is 0 Å². The SMILES string of the molecule is CCN1CCCC1CNC(=O)N1CCCC1(C)C(=O)O. The zero-order valence-electron chi connectivity index (χ0n) is 12.4. The molecule has 0 spiro atoms. The minimum atomic E-state index is -1.05. The molecule has 0 bridgehead atoms. The molecule has 0 aromatic heterocycles. The fourth-order valence-electron chi connectivity index (χ4n) is 3.35. The van der Waals surface area contributed by atoms with Crippen LogP contribution in [0.5, 0.6) is 0 Å². The number of likely N-dealkylation sites (tertiary alicyclic amines) is 2. The summed E-state index contributed by atoms with van der Waals surface area (Å²) in [5.74, 6) is -0.916. The van der Waals surface area contributed by atoms with Crippen LogP contribution in [0.3, 0.4) is 0 Å². The van der Waals surface area contributed by atoms with Crippen molar-refractivity contribution in [2.45, 2.75) is 51.1 Å². The number of carbonyl (C=O) groups excluding carboxylic acids is 1. The molecule has 0 saturated carbocycles. The minimum absolute atomic E-state index is 0.240. The van der Waals surface area contributed by atoms with E-state index >= 15 is 0 Å². The van der Waals surface area contributed by atoms with Gasteiger partial charge in [0.25, 0.3) is 0 Å². The molecule has 2 aliphatic rings. The second-order valence-corrected chi connectivity index (χ2v) is 5.94. The van der Waals surface area contributed by atoms with E-state index in [1.165, 1.54) is 11.3 Å². The smallest absolute Gasteiger partial charge is 0.329 e. The first-order valence-electron chi connectivity index (χ1n) is 7.52. The van der Waals surface area contributed by atoms with Gasteiger partial charge >= 0.3 is 12.0 Å². The van der Waals surface area contributed by atoms with Crippen molar-refractivity contribution in [3.63, 3.8) is 0 Å². The molecule has 2 amide bonds. The largest absolute Gasteiger partial charge is 0.480 e. The monoisotopic (exact) mass is 283 g/mol. The van der Waals surface area contributed by atoms with Crippen molar-refractivity contribution in [2.24, 2.45) is 0 Å². The maximum absolute atomic E-state index is 12.3. The Morgan fingerprint density at radius 1 is 1.35 bits per heavy atom. The number of amides is 2. The van der Waals surface area contributed by atoms with Crippen molar-refractivity contribution in [1.82, 2.24) is 15.1 Å². The van der Waals surface area contributed by atoms with Crippen molar-refractivity contribution in [3.8, 4) is 0 Å². The van der Waals surface area contributed by atoms with E-state index in [1.54, 1.807) is 6.92 Å². The zero-order valence-corrected chi connectivity index (χ0v) is 12.4. The summed E-state index contributed by atoms with van der Waals surface area (Å²) in [5.41, 5.74) is -1.05. The molecule has 20 heavy (non-hydrogen) atoms. The highest BCUT2D eigenvalue weighted by atomic mass is 16.4. The summed E-state index contributed by atoms with van der Waals surface area (Å²) in [6.07, 6.45) is 3.55. The van der Waals surface area contributed by atoms with Gasteiger partial charge in [-0.05, 0) is 45.7 Å². The molecule has 6 nitrogen and oxygen atoms in total. The average Bonchev–Trinajstić information content (AvgIpc) is 3.02. The molecular weight excluding hydrogens is 258 g/mol. The van der Waals surface area contributed by atoms with E-state index in [0.29, 0.717) is 25.6 Å². The van der Waals surface area contributed by atoms with E-state index in [4.69, 9.17) is 0 Å². The highest BCUT2D eigenvalue weighted by molar-refractivity contribution is 5.86. The Labute approximate surface area is 120 Å². The van der Waals surface area contributed by atoms with Crippen LogP contribution in [0.15, 0.2) is 0 Å². The second kappa shape index (κ2) is 5.99. The summed E-state index contributed by atoms with van der Waals surface area (Å²) in [5, 5.41) is 12.2. The summed E-state index contributed by atoms with van der Waals surface area (Å²) < 4.78 is 0. The van der Waals surface area contributed by atoms with Crippen LogP contribution in [0.25, 0.3) is 0 Å². The molecule has 2 fully saturated rings. The molecule has 2 unspecified atom stereocenters. The van der Waals surface area contributed by atoms with Crippen LogP contribution >= 0.6 is 0 Å². The first kappa shape index (κ1) is 15.1. The normalized spacial score (nSPS) is 30.7. The molecule has 2 saturated heterocycles. The molecular formula is C14H25N3O3. The number of hydrogen-bond acceptors (Lipinski definition) is 3. The molecule has 0 aliphatic carbocycles. The van der Waals surface area contributed by atoms with Crippen LogP contribution in [0.1, 0.15) is 39.5 Å². The number of carboxylic acids is 1. The molecule has 2 N–H and O–H groups in total. The van der Waals surface area contributed by atoms with Crippen molar-refractivity contribution >= 4 is 12.0 Å². The molecule has 2 rings (SSSR count). The summed E-state index contributed by atoms with van der Waals surface area (Å²) in [4.78, 5) is 27.5. The fourth-order valence-corrected chi connectivity index (χ4v) is 3.35. The van der Waals surface area contributed by atoms with Gasteiger partial charge in [0.1, 0.15) is 5.54 Å². The predicted octanol–water partition coefficient (Wildman–Crippen LogP) is 1.12. The number of urea groups is 1. The number of carboxylic acid groups (broad SMARTS) is 1. The second-order valence-electron chi connectivity index (χ2n) is 5.94. The molecule has 2 atom stereocenters. The summed E-state index contributed by atoms with van der Waals surface area (Å²) in [6, 6.07) is 0.151. The number of hydrogen-bond donors (Lipinski definition) is 2. The van der Waals surface area contributed by atoms with Crippen molar-refractivity contribution in [2.75, 3.05) is 26.2 Å². The number of rotatable bonds is 4. The third-order valence-electron chi connectivity index (χ3n) is 4.74. The number of aliphatic carboxylic acids is 1. The lowest BCUT2D eigenvalue weighted by Gasteiger charge is -2.32. The first-order chi connectivity index (χ1) is 9.49. The van der Waals surface area contributed by atoms with E-state index in [-0.39, 0.29) is 6.03 Å². The highest BCUT2D eigenvalue weighted by Crippen LogP contribution is 2.29. The number of nitrogens with zero attached hydrogens (tertiary/aromatic N) is 2. The van der Waals surface area contributed by atoms with E-state index in [2.05, 4.69) is 17.1 Å². The third-order valence-corrected chi connectivity index (χ3v) is 4.74. The number of carbonyl (C=O) groups is 2. The highest BCUT2D eigenvalue weighted by Gasteiger charge is 2.46. The summed E-state index contributed by atoms with van der Waals surface area (Å²) in [7, 11) is 0. The molecule has 0 radical (unpaired) electrons. The molecule has 2 aliphatic heterocycles. The van der Waals surface area contributed by atoms with Crippen LogP contribution in [-0.4, -0.2) is 64.7 Å². The van der Waals surface area contributed by atoms with Gasteiger partial charge in [0, 0.05) is 19.1 Å². The van der Waals surface area contributed by atoms with Gasteiger partial charge in [-0.3, -0.25) is 4.90 Å². The van der Waals surface area contributed by atoms with E-state index in [9.17, 15) is 14.7 Å². The van der Waals surface area contributed by atoms with Crippen LogP contribution in [0.2, 0.25) is 0 Å². The van der Waals surface area contributed by atoms with Gasteiger partial charge in [-0.1, -0.05) is 6.92 Å². The topological polar surface area (TPSA) is 72.9 Å². The van der Waals surface area contributed by atoms with E-state index in [0.717, 1.165) is 25.9 Å². The predicted molar refractivity (Wildman–Crippen MR) is 75.6 cm³/mol. The lowest BCUT2D eigenvalue weighted by atomic mass is 10.00. The molecule has 0 aromatic carbocycles. The summed E-state index contributed by atoms with van der Waals surface area (Å²) >= 11 is 0. The van der Waals surface area contributed by atoms with Crippen LogP contribution < -0.4 is 5.32 Å². The Kier molecular flexibility index (Phi) is 4.52.